The van der Waals surface area contributed by atoms with Crippen LogP contribution in [0.3, 0.4) is 0 Å². The average molecular weight is 208 g/mol. The van der Waals surface area contributed by atoms with Crippen LogP contribution in [0.4, 0.5) is 0 Å². The van der Waals surface area contributed by atoms with Crippen LogP contribution >= 0.6 is 23.2 Å². The molecule has 0 unspecified atom stereocenters. The topological polar surface area (TPSA) is 33.0 Å². The second-order valence-electron chi connectivity index (χ2n) is 1.69. The normalized spacial score (nSPS) is 7.50. The molecule has 0 rings (SSSR count). The molecule has 0 aromatic heterocycles. The first-order valence-corrected chi connectivity index (χ1v) is 3.95. The molecule has 68 valence electrons. The molecule has 0 N–H and O–H groups in total. The first-order chi connectivity index (χ1) is 5.54. The Morgan fingerprint density at radius 1 is 1.50 bits per heavy atom. The minimum atomic E-state index is 0.111. The number of hydrogen-bond acceptors (Lipinski definition) is 2. The van der Waals surface area contributed by atoms with E-state index in [1.54, 1.807) is 0 Å². The van der Waals surface area contributed by atoms with Gasteiger partial charge in [-0.05, 0) is 6.92 Å². The van der Waals surface area contributed by atoms with Crippen molar-refractivity contribution in [3.05, 3.63) is 23.2 Å². The third-order valence-corrected chi connectivity index (χ3v) is 0.639. The molecule has 12 heavy (non-hydrogen) atoms. The van der Waals surface area contributed by atoms with Gasteiger partial charge in [-0.1, -0.05) is 36.4 Å². The van der Waals surface area contributed by atoms with Gasteiger partial charge in [0.2, 0.25) is 0 Å². The van der Waals surface area contributed by atoms with E-state index in [4.69, 9.17) is 33.2 Å². The molecule has 0 fully saturated rings. The van der Waals surface area contributed by atoms with Gasteiger partial charge in [0, 0.05) is 12.2 Å². The zero-order valence-electron chi connectivity index (χ0n) is 6.94. The Kier molecular flexibility index (Phi) is 12.3. The van der Waals surface area contributed by atoms with Crippen LogP contribution in [0.2, 0.25) is 0 Å². The molecule has 0 aliphatic carbocycles. The first kappa shape index (κ1) is 14.1. The van der Waals surface area contributed by atoms with Crippen molar-refractivity contribution >= 4 is 23.2 Å². The fraction of sp³-hybridized carbons (Fsp3) is 0.375. The third kappa shape index (κ3) is 22.7. The summed E-state index contributed by atoms with van der Waals surface area (Å²) in [6, 6.07) is 1.88. The van der Waals surface area contributed by atoms with Crippen molar-refractivity contribution in [3.63, 3.8) is 0 Å². The lowest BCUT2D eigenvalue weighted by Crippen LogP contribution is -1.93. The molecule has 0 aliphatic heterocycles. The highest BCUT2D eigenvalue weighted by Crippen LogP contribution is 1.98. The van der Waals surface area contributed by atoms with Crippen molar-refractivity contribution in [2.24, 2.45) is 0 Å². The quantitative estimate of drug-likeness (QED) is 0.667. The summed E-state index contributed by atoms with van der Waals surface area (Å²) in [5.41, 5.74) is 0.479. The van der Waals surface area contributed by atoms with Crippen LogP contribution < -0.4 is 0 Å². The van der Waals surface area contributed by atoms with Gasteiger partial charge in [-0.2, -0.15) is 5.26 Å². The van der Waals surface area contributed by atoms with Gasteiger partial charge in [-0.3, -0.25) is 0 Å². The molecule has 0 aliphatic rings. The molecule has 0 spiro atoms. The van der Waals surface area contributed by atoms with Gasteiger partial charge >= 0.3 is 0 Å². The molecule has 0 radical (unpaired) electrons. The van der Waals surface area contributed by atoms with Crippen LogP contribution in [0.15, 0.2) is 23.2 Å². The Balaban J connectivity index is 0. The summed E-state index contributed by atoms with van der Waals surface area (Å²) in [6.07, 6.45) is 0. The molecular formula is C8H11Cl2NO. The maximum atomic E-state index is 8.13. The monoisotopic (exact) mass is 207 g/mol. The fourth-order valence-corrected chi connectivity index (χ4v) is 0.258. The molecule has 2 nitrogen and oxygen atoms in total. The smallest absolute Gasteiger partial charge is 0.0992 e. The Labute approximate surface area is 83.0 Å². The van der Waals surface area contributed by atoms with Crippen molar-refractivity contribution in [2.75, 3.05) is 13.2 Å². The molecule has 0 aromatic rings. The van der Waals surface area contributed by atoms with Crippen LogP contribution in [-0.2, 0) is 4.74 Å². The second-order valence-corrected chi connectivity index (χ2v) is 2.80. The van der Waals surface area contributed by atoms with Crippen LogP contribution in [0.1, 0.15) is 6.92 Å². The molecule has 0 bridgehead atoms. The number of rotatable bonds is 3. The standard InChI is InChI=1S/C6H9NO.C2H2Cl2/c1-3-8-5-6(2)4-7;1-2(3)4/h2-3,5H2,1H3;1H2. The highest BCUT2D eigenvalue weighted by molar-refractivity contribution is 6.55. The molecule has 0 atom stereocenters. The minimum Gasteiger partial charge on any atom is -0.376 e. The van der Waals surface area contributed by atoms with Gasteiger partial charge in [0.05, 0.1) is 17.2 Å². The van der Waals surface area contributed by atoms with E-state index in [9.17, 15) is 0 Å². The van der Waals surface area contributed by atoms with Crippen LogP contribution in [0, 0.1) is 11.3 Å². The predicted octanol–water partition coefficient (Wildman–Crippen LogP) is 3.04. The van der Waals surface area contributed by atoms with Crippen molar-refractivity contribution < 1.29 is 4.74 Å². The summed E-state index contributed by atoms with van der Waals surface area (Å²) < 4.78 is 4.98. The van der Waals surface area contributed by atoms with Crippen molar-refractivity contribution in [1.29, 1.82) is 5.26 Å². The van der Waals surface area contributed by atoms with E-state index in [0.29, 0.717) is 18.8 Å². The van der Waals surface area contributed by atoms with Gasteiger partial charge in [0.1, 0.15) is 0 Å². The number of hydrogen-bond donors (Lipinski definition) is 0. The molecule has 0 saturated carbocycles. The van der Waals surface area contributed by atoms with E-state index in [1.807, 2.05) is 13.0 Å². The van der Waals surface area contributed by atoms with E-state index in [1.165, 1.54) is 0 Å². The lowest BCUT2D eigenvalue weighted by Gasteiger charge is -1.93. The highest BCUT2D eigenvalue weighted by atomic mass is 35.5. The molecule has 0 amide bonds. The summed E-state index contributed by atoms with van der Waals surface area (Å²) in [5, 5.41) is 8.13. The SMILES string of the molecule is C=C(C#N)COCC.C=C(Cl)Cl. The van der Waals surface area contributed by atoms with Crippen molar-refractivity contribution in [3.8, 4) is 6.07 Å². The van der Waals surface area contributed by atoms with E-state index in [0.717, 1.165) is 0 Å². The second kappa shape index (κ2) is 10.5. The summed E-state index contributed by atoms with van der Waals surface area (Å²) in [5.74, 6) is 0. The van der Waals surface area contributed by atoms with Gasteiger partial charge in [-0.15, -0.1) is 0 Å². The first-order valence-electron chi connectivity index (χ1n) is 3.20. The zero-order chi connectivity index (χ0) is 9.98. The lowest BCUT2D eigenvalue weighted by molar-refractivity contribution is 0.173. The van der Waals surface area contributed by atoms with Crippen LogP contribution in [0.5, 0.6) is 0 Å². The Bertz CT molecular complexity index is 180. The Hall–Kier alpha value is -0.490. The number of ether oxygens (including phenoxy) is 1. The van der Waals surface area contributed by atoms with E-state index >= 15 is 0 Å². The Morgan fingerprint density at radius 3 is 2.17 bits per heavy atom. The van der Waals surface area contributed by atoms with Crippen LogP contribution in [-0.4, -0.2) is 13.2 Å². The summed E-state index contributed by atoms with van der Waals surface area (Å²) >= 11 is 9.69. The van der Waals surface area contributed by atoms with Gasteiger partial charge in [-0.25, -0.2) is 0 Å². The maximum Gasteiger partial charge on any atom is 0.0992 e. The third-order valence-electron chi connectivity index (χ3n) is 0.639. The maximum absolute atomic E-state index is 8.13. The van der Waals surface area contributed by atoms with Gasteiger partial charge in [0.15, 0.2) is 0 Å². The molecule has 4 heteroatoms. The zero-order valence-corrected chi connectivity index (χ0v) is 8.45. The van der Waals surface area contributed by atoms with E-state index < -0.39 is 0 Å². The summed E-state index contributed by atoms with van der Waals surface area (Å²) in [7, 11) is 0. The van der Waals surface area contributed by atoms with Crippen LogP contribution in [0.25, 0.3) is 0 Å². The molecule has 0 heterocycles. The molecular weight excluding hydrogens is 197 g/mol. The summed E-state index contributed by atoms with van der Waals surface area (Å²) in [6.45, 7) is 9.40. The molecule has 0 saturated heterocycles. The van der Waals surface area contributed by atoms with Crippen molar-refractivity contribution in [2.45, 2.75) is 6.92 Å². The average Bonchev–Trinajstić information content (AvgIpc) is 1.99. The fourth-order valence-electron chi connectivity index (χ4n) is 0.258. The number of halogens is 2. The van der Waals surface area contributed by atoms with Gasteiger partial charge < -0.3 is 4.74 Å². The predicted molar refractivity (Wildman–Crippen MR) is 52.1 cm³/mol. The van der Waals surface area contributed by atoms with E-state index in [-0.39, 0.29) is 4.49 Å². The number of nitriles is 1. The lowest BCUT2D eigenvalue weighted by atomic mass is 10.4. The summed E-state index contributed by atoms with van der Waals surface area (Å²) in [4.78, 5) is 0. The van der Waals surface area contributed by atoms with E-state index in [2.05, 4.69) is 13.2 Å². The largest absolute Gasteiger partial charge is 0.376 e. The minimum absolute atomic E-state index is 0.111. The molecule has 0 aromatic carbocycles. The highest BCUT2D eigenvalue weighted by Gasteiger charge is 1.86. The van der Waals surface area contributed by atoms with Crippen molar-refractivity contribution in [1.82, 2.24) is 0 Å². The Morgan fingerprint density at radius 2 is 1.92 bits per heavy atom. The van der Waals surface area contributed by atoms with Gasteiger partial charge in [0.25, 0.3) is 0 Å². The number of nitrogens with zero attached hydrogens (tertiary/aromatic N) is 1.